The van der Waals surface area contributed by atoms with E-state index in [0.29, 0.717) is 15.1 Å². The van der Waals surface area contributed by atoms with Crippen LogP contribution >= 0.6 is 23.4 Å². The molecule has 1 fully saturated rings. The van der Waals surface area contributed by atoms with Crippen LogP contribution in [0.15, 0.2) is 52.4 Å². The number of amidine groups is 1. The van der Waals surface area contributed by atoms with Crippen LogP contribution in [0.3, 0.4) is 0 Å². The van der Waals surface area contributed by atoms with E-state index in [1.807, 2.05) is 13.0 Å². The molecule has 2 aromatic rings. The number of hydrogen-bond donors (Lipinski definition) is 1. The average molecular weight is 347 g/mol. The molecule has 0 radical (unpaired) electrons. The van der Waals surface area contributed by atoms with Crippen LogP contribution in [0.4, 0.5) is 10.1 Å². The quantitative estimate of drug-likeness (QED) is 0.802. The molecule has 0 spiro atoms. The van der Waals surface area contributed by atoms with Crippen LogP contribution < -0.4 is 5.32 Å². The van der Waals surface area contributed by atoms with Gasteiger partial charge in [-0.15, -0.1) is 0 Å². The van der Waals surface area contributed by atoms with E-state index >= 15 is 0 Å². The first kappa shape index (κ1) is 15.8. The first-order chi connectivity index (χ1) is 11.0. The maximum atomic E-state index is 12.9. The molecule has 1 amide bonds. The molecule has 1 heterocycles. The maximum Gasteiger partial charge on any atom is 0.264 e. The van der Waals surface area contributed by atoms with Crippen molar-refractivity contribution < 1.29 is 9.18 Å². The number of aliphatic imine (C=N–C) groups is 1. The minimum atomic E-state index is -0.309. The monoisotopic (exact) mass is 346 g/mol. The number of nitrogens with one attached hydrogen (secondary N) is 1. The minimum Gasteiger partial charge on any atom is -0.300 e. The van der Waals surface area contributed by atoms with Crippen molar-refractivity contribution in [2.45, 2.75) is 6.92 Å². The van der Waals surface area contributed by atoms with Crippen molar-refractivity contribution in [3.63, 3.8) is 0 Å². The smallest absolute Gasteiger partial charge is 0.264 e. The SMILES string of the molecule is Cc1cc(Cl)ccc1N=C1NC(=O)/C(=C/c2ccc(F)cc2)S1. The van der Waals surface area contributed by atoms with E-state index in [1.54, 1.807) is 30.3 Å². The molecule has 0 saturated carbocycles. The standard InChI is InChI=1S/C17H12ClFN2OS/c1-10-8-12(18)4-7-14(10)20-17-21-16(22)15(23-17)9-11-2-5-13(19)6-3-11/h2-9H,1H3,(H,20,21,22)/b15-9-. The number of amides is 1. The van der Waals surface area contributed by atoms with Crippen LogP contribution in [-0.4, -0.2) is 11.1 Å². The van der Waals surface area contributed by atoms with E-state index in [1.165, 1.54) is 23.9 Å². The van der Waals surface area contributed by atoms with Crippen molar-refractivity contribution in [3.05, 3.63) is 69.3 Å². The van der Waals surface area contributed by atoms with E-state index < -0.39 is 0 Å². The predicted molar refractivity (Wildman–Crippen MR) is 93.4 cm³/mol. The lowest BCUT2D eigenvalue weighted by Crippen LogP contribution is -2.19. The number of carbonyl (C=O) groups excluding carboxylic acids is 1. The van der Waals surface area contributed by atoms with E-state index in [0.717, 1.165) is 16.8 Å². The van der Waals surface area contributed by atoms with Gasteiger partial charge >= 0.3 is 0 Å². The molecule has 0 bridgehead atoms. The highest BCUT2D eigenvalue weighted by Gasteiger charge is 2.23. The van der Waals surface area contributed by atoms with Crippen LogP contribution in [0.5, 0.6) is 0 Å². The lowest BCUT2D eigenvalue weighted by atomic mass is 10.2. The van der Waals surface area contributed by atoms with E-state index in [-0.39, 0.29) is 11.7 Å². The van der Waals surface area contributed by atoms with Gasteiger partial charge in [0.1, 0.15) is 5.82 Å². The molecule has 116 valence electrons. The first-order valence-corrected chi connectivity index (χ1v) is 8.02. The number of thioether (sulfide) groups is 1. The van der Waals surface area contributed by atoms with Crippen LogP contribution in [0.1, 0.15) is 11.1 Å². The molecule has 3 rings (SSSR count). The number of hydrogen-bond acceptors (Lipinski definition) is 3. The van der Waals surface area contributed by atoms with E-state index in [4.69, 9.17) is 11.6 Å². The summed E-state index contributed by atoms with van der Waals surface area (Å²) in [5.74, 6) is -0.527. The van der Waals surface area contributed by atoms with Crippen LogP contribution in [0.2, 0.25) is 5.02 Å². The number of nitrogens with zero attached hydrogens (tertiary/aromatic N) is 1. The molecular formula is C17H12ClFN2OS. The predicted octanol–water partition coefficient (Wildman–Crippen LogP) is 4.68. The third-order valence-corrected chi connectivity index (χ3v) is 4.34. The molecule has 2 aromatic carbocycles. The van der Waals surface area contributed by atoms with Gasteiger partial charge in [-0.05, 0) is 66.2 Å². The van der Waals surface area contributed by atoms with Crippen molar-refractivity contribution in [2.24, 2.45) is 4.99 Å². The fourth-order valence-corrected chi connectivity index (χ4v) is 3.11. The van der Waals surface area contributed by atoms with Gasteiger partial charge in [0.25, 0.3) is 5.91 Å². The summed E-state index contributed by atoms with van der Waals surface area (Å²) in [6.45, 7) is 1.90. The first-order valence-electron chi connectivity index (χ1n) is 6.82. The van der Waals surface area contributed by atoms with Gasteiger partial charge in [-0.3, -0.25) is 4.79 Å². The normalized spacial score (nSPS) is 17.8. The Kier molecular flexibility index (Phi) is 4.50. The van der Waals surface area contributed by atoms with Gasteiger partial charge in [0, 0.05) is 5.02 Å². The zero-order valence-electron chi connectivity index (χ0n) is 12.1. The van der Waals surface area contributed by atoms with E-state index in [9.17, 15) is 9.18 Å². The van der Waals surface area contributed by atoms with Gasteiger partial charge < -0.3 is 5.32 Å². The van der Waals surface area contributed by atoms with Crippen molar-refractivity contribution in [1.82, 2.24) is 5.32 Å². The van der Waals surface area contributed by atoms with Gasteiger partial charge in [-0.25, -0.2) is 9.38 Å². The zero-order valence-corrected chi connectivity index (χ0v) is 13.7. The minimum absolute atomic E-state index is 0.218. The fraction of sp³-hybridized carbons (Fsp3) is 0.0588. The highest BCUT2D eigenvalue weighted by Crippen LogP contribution is 2.29. The zero-order chi connectivity index (χ0) is 16.4. The summed E-state index contributed by atoms with van der Waals surface area (Å²) < 4.78 is 12.9. The van der Waals surface area contributed by atoms with Crippen LogP contribution in [0, 0.1) is 12.7 Å². The summed E-state index contributed by atoms with van der Waals surface area (Å²) in [6.07, 6.45) is 1.71. The number of carbonyl (C=O) groups is 1. The third kappa shape index (κ3) is 3.81. The van der Waals surface area contributed by atoms with Crippen molar-refractivity contribution in [3.8, 4) is 0 Å². The maximum absolute atomic E-state index is 12.9. The summed E-state index contributed by atoms with van der Waals surface area (Å²) in [6, 6.07) is 11.3. The molecule has 1 N–H and O–H groups in total. The Bertz CT molecular complexity index is 831. The number of aryl methyl sites for hydroxylation is 1. The number of benzene rings is 2. The largest absolute Gasteiger partial charge is 0.300 e. The highest BCUT2D eigenvalue weighted by molar-refractivity contribution is 8.18. The van der Waals surface area contributed by atoms with Crippen LogP contribution in [0.25, 0.3) is 6.08 Å². The molecular weight excluding hydrogens is 335 g/mol. The Hall–Kier alpha value is -2.11. The van der Waals surface area contributed by atoms with Crippen LogP contribution in [-0.2, 0) is 4.79 Å². The lowest BCUT2D eigenvalue weighted by molar-refractivity contribution is -0.115. The third-order valence-electron chi connectivity index (χ3n) is 3.20. The summed E-state index contributed by atoms with van der Waals surface area (Å²) in [5, 5.41) is 3.88. The van der Waals surface area contributed by atoms with Crippen molar-refractivity contribution in [1.29, 1.82) is 0 Å². The molecule has 0 aliphatic carbocycles. The Morgan fingerprint density at radius 2 is 1.96 bits per heavy atom. The molecule has 0 atom stereocenters. The Morgan fingerprint density at radius 1 is 1.22 bits per heavy atom. The van der Waals surface area contributed by atoms with Gasteiger partial charge in [0.2, 0.25) is 0 Å². The molecule has 0 unspecified atom stereocenters. The number of rotatable bonds is 2. The second-order valence-electron chi connectivity index (χ2n) is 4.96. The second kappa shape index (κ2) is 6.56. The van der Waals surface area contributed by atoms with Crippen molar-refractivity contribution >= 4 is 46.2 Å². The summed E-state index contributed by atoms with van der Waals surface area (Å²) in [4.78, 5) is 17.0. The second-order valence-corrected chi connectivity index (χ2v) is 6.43. The molecule has 6 heteroatoms. The molecule has 1 saturated heterocycles. The number of halogens is 2. The summed E-state index contributed by atoms with van der Waals surface area (Å²) in [5.41, 5.74) is 2.43. The van der Waals surface area contributed by atoms with Crippen molar-refractivity contribution in [2.75, 3.05) is 0 Å². The lowest BCUT2D eigenvalue weighted by Gasteiger charge is -2.01. The molecule has 1 aliphatic rings. The summed E-state index contributed by atoms with van der Waals surface area (Å²) >= 11 is 7.17. The topological polar surface area (TPSA) is 41.5 Å². The Labute approximate surface area is 142 Å². The van der Waals surface area contributed by atoms with E-state index in [2.05, 4.69) is 10.3 Å². The fourth-order valence-electron chi connectivity index (χ4n) is 2.04. The Balaban J connectivity index is 1.84. The molecule has 0 aromatic heterocycles. The Morgan fingerprint density at radius 3 is 2.65 bits per heavy atom. The summed E-state index contributed by atoms with van der Waals surface area (Å²) in [7, 11) is 0. The average Bonchev–Trinajstić information content (AvgIpc) is 2.84. The van der Waals surface area contributed by atoms with Gasteiger partial charge in [0.05, 0.1) is 10.6 Å². The van der Waals surface area contributed by atoms with Gasteiger partial charge in [0.15, 0.2) is 5.17 Å². The molecule has 23 heavy (non-hydrogen) atoms. The van der Waals surface area contributed by atoms with Gasteiger partial charge in [-0.1, -0.05) is 23.7 Å². The molecule has 3 nitrogen and oxygen atoms in total. The molecule has 1 aliphatic heterocycles. The highest BCUT2D eigenvalue weighted by atomic mass is 35.5. The van der Waals surface area contributed by atoms with Gasteiger partial charge in [-0.2, -0.15) is 0 Å².